The summed E-state index contributed by atoms with van der Waals surface area (Å²) in [7, 11) is 0. The normalized spacial score (nSPS) is 19.3. The van der Waals surface area contributed by atoms with Crippen LogP contribution in [0.3, 0.4) is 0 Å². The Kier molecular flexibility index (Phi) is 3.33. The zero-order chi connectivity index (χ0) is 13.4. The molecular formula is C13H10ClFN2OS. The number of fused-ring (bicyclic) bond motifs is 1. The molecule has 6 heteroatoms. The molecule has 0 fully saturated rings. The lowest BCUT2D eigenvalue weighted by molar-refractivity contribution is -0.121. The summed E-state index contributed by atoms with van der Waals surface area (Å²) in [5.41, 5.74) is 0.557. The maximum absolute atomic E-state index is 13.2. The van der Waals surface area contributed by atoms with Gasteiger partial charge < -0.3 is 0 Å². The minimum Gasteiger partial charge on any atom is -0.297 e. The number of hydrogen-bond acceptors (Lipinski definition) is 4. The van der Waals surface area contributed by atoms with Crippen LogP contribution >= 0.6 is 22.9 Å². The van der Waals surface area contributed by atoms with Gasteiger partial charge in [-0.2, -0.15) is 0 Å². The fourth-order valence-corrected chi connectivity index (χ4v) is 3.46. The Balaban J connectivity index is 1.91. The molecular weight excluding hydrogens is 287 g/mol. The van der Waals surface area contributed by atoms with Gasteiger partial charge in [0.05, 0.1) is 26.8 Å². The van der Waals surface area contributed by atoms with Gasteiger partial charge in [-0.05, 0) is 18.7 Å². The number of thiazole rings is 1. The quantitative estimate of drug-likeness (QED) is 0.853. The van der Waals surface area contributed by atoms with E-state index in [-0.39, 0.29) is 18.2 Å². The molecule has 3 nitrogen and oxygen atoms in total. The zero-order valence-corrected chi connectivity index (χ0v) is 11.5. The maximum atomic E-state index is 13.2. The summed E-state index contributed by atoms with van der Waals surface area (Å²) < 4.78 is 14.0. The maximum Gasteiger partial charge on any atom is 0.158 e. The Bertz CT molecular complexity index is 683. The van der Waals surface area contributed by atoms with Gasteiger partial charge in [-0.15, -0.1) is 11.3 Å². The molecule has 0 saturated heterocycles. The summed E-state index contributed by atoms with van der Waals surface area (Å²) >= 11 is 7.41. The molecule has 2 aromatic rings. The van der Waals surface area contributed by atoms with Crippen LogP contribution in [0.15, 0.2) is 17.1 Å². The molecule has 0 aliphatic carbocycles. The Morgan fingerprint density at radius 2 is 2.32 bits per heavy atom. The summed E-state index contributed by atoms with van der Waals surface area (Å²) in [6, 6.07) is 2.65. The minimum absolute atomic E-state index is 0.0679. The molecule has 1 aromatic carbocycles. The Labute approximate surface area is 118 Å². The van der Waals surface area contributed by atoms with Gasteiger partial charge in [-0.25, -0.2) is 9.37 Å². The van der Waals surface area contributed by atoms with E-state index in [2.05, 4.69) is 9.98 Å². The number of halogens is 2. The van der Waals surface area contributed by atoms with Gasteiger partial charge >= 0.3 is 0 Å². The molecule has 98 valence electrons. The van der Waals surface area contributed by atoms with Crippen LogP contribution in [-0.4, -0.2) is 23.5 Å². The van der Waals surface area contributed by atoms with Crippen molar-refractivity contribution in [3.63, 3.8) is 0 Å². The van der Waals surface area contributed by atoms with Gasteiger partial charge in [0.15, 0.2) is 5.78 Å². The van der Waals surface area contributed by atoms with Gasteiger partial charge in [-0.3, -0.25) is 9.79 Å². The van der Waals surface area contributed by atoms with E-state index in [1.165, 1.54) is 23.5 Å². The van der Waals surface area contributed by atoms with E-state index < -0.39 is 5.82 Å². The summed E-state index contributed by atoms with van der Waals surface area (Å²) in [6.07, 6.45) is 3.00. The molecule has 1 aromatic heterocycles. The monoisotopic (exact) mass is 296 g/mol. The fourth-order valence-electron chi connectivity index (χ4n) is 2.12. The van der Waals surface area contributed by atoms with Crippen LogP contribution in [0.5, 0.6) is 0 Å². The van der Waals surface area contributed by atoms with Crippen molar-refractivity contribution in [2.24, 2.45) is 10.9 Å². The van der Waals surface area contributed by atoms with Crippen LogP contribution in [0.1, 0.15) is 11.4 Å². The predicted octanol–water partition coefficient (Wildman–Crippen LogP) is 3.29. The molecule has 0 bridgehead atoms. The zero-order valence-electron chi connectivity index (χ0n) is 9.90. The number of carbonyl (C=O) groups excluding carboxylic acids is 1. The van der Waals surface area contributed by atoms with Gasteiger partial charge in [0.1, 0.15) is 5.82 Å². The molecule has 1 aliphatic heterocycles. The third-order valence-electron chi connectivity index (χ3n) is 3.10. The topological polar surface area (TPSA) is 42.3 Å². The SMILES string of the molecule is O=C1CN=CCC1Cc1nc2cc(F)cc(Cl)c2s1. The van der Waals surface area contributed by atoms with E-state index in [0.717, 1.165) is 9.71 Å². The molecule has 2 heterocycles. The number of aromatic nitrogens is 1. The van der Waals surface area contributed by atoms with Crippen molar-refractivity contribution >= 4 is 45.2 Å². The van der Waals surface area contributed by atoms with Gasteiger partial charge in [0.25, 0.3) is 0 Å². The first-order valence-corrected chi connectivity index (χ1v) is 7.08. The number of aliphatic imine (C=N–C) groups is 1. The van der Waals surface area contributed by atoms with Gasteiger partial charge in [0.2, 0.25) is 0 Å². The van der Waals surface area contributed by atoms with E-state index in [4.69, 9.17) is 11.6 Å². The van der Waals surface area contributed by atoms with Crippen molar-refractivity contribution in [3.05, 3.63) is 28.0 Å². The van der Waals surface area contributed by atoms with Crippen molar-refractivity contribution in [1.29, 1.82) is 0 Å². The number of Topliss-reactive ketones (excluding diaryl/α,β-unsaturated/α-hetero) is 1. The van der Waals surface area contributed by atoms with Gasteiger partial charge in [0, 0.05) is 18.4 Å². The highest BCUT2D eigenvalue weighted by atomic mass is 35.5. The highest BCUT2D eigenvalue weighted by molar-refractivity contribution is 7.19. The van der Waals surface area contributed by atoms with E-state index in [1.807, 2.05) is 0 Å². The van der Waals surface area contributed by atoms with Crippen LogP contribution in [0.4, 0.5) is 4.39 Å². The van der Waals surface area contributed by atoms with Crippen molar-refractivity contribution < 1.29 is 9.18 Å². The standard InChI is InChI=1S/C13H10ClFN2OS/c14-9-4-8(15)5-10-13(9)19-12(17-10)3-7-1-2-16-6-11(7)18/h2,4-5,7H,1,3,6H2. The number of carbonyl (C=O) groups is 1. The fraction of sp³-hybridized carbons (Fsp3) is 0.308. The molecule has 1 atom stereocenters. The number of hydrogen-bond donors (Lipinski definition) is 0. The first kappa shape index (κ1) is 12.7. The van der Waals surface area contributed by atoms with E-state index in [0.29, 0.717) is 23.4 Å². The van der Waals surface area contributed by atoms with E-state index >= 15 is 0 Å². The lowest BCUT2D eigenvalue weighted by atomic mass is 9.95. The molecule has 1 unspecified atom stereocenters. The van der Waals surface area contributed by atoms with Crippen LogP contribution in [0.2, 0.25) is 5.02 Å². The van der Waals surface area contributed by atoms with Crippen molar-refractivity contribution in [1.82, 2.24) is 4.98 Å². The Hall–Kier alpha value is -1.33. The second kappa shape index (κ2) is 4.98. The molecule has 0 saturated carbocycles. The largest absolute Gasteiger partial charge is 0.297 e. The predicted molar refractivity (Wildman–Crippen MR) is 74.8 cm³/mol. The molecule has 0 spiro atoms. The first-order chi connectivity index (χ1) is 9.13. The van der Waals surface area contributed by atoms with Crippen molar-refractivity contribution in [2.75, 3.05) is 6.54 Å². The highest BCUT2D eigenvalue weighted by Gasteiger charge is 2.22. The van der Waals surface area contributed by atoms with Crippen LogP contribution in [0, 0.1) is 11.7 Å². The number of ketones is 1. The molecule has 0 amide bonds. The Morgan fingerprint density at radius 3 is 3.11 bits per heavy atom. The van der Waals surface area contributed by atoms with Crippen LogP contribution in [0.25, 0.3) is 10.2 Å². The summed E-state index contributed by atoms with van der Waals surface area (Å²) in [6.45, 7) is 0.255. The lowest BCUT2D eigenvalue weighted by Gasteiger charge is -2.13. The second-order valence-corrected chi connectivity index (χ2v) is 5.96. The summed E-state index contributed by atoms with van der Waals surface area (Å²) in [5, 5.41) is 1.19. The molecule has 3 rings (SSSR count). The average molecular weight is 297 g/mol. The molecule has 19 heavy (non-hydrogen) atoms. The Morgan fingerprint density at radius 1 is 1.47 bits per heavy atom. The van der Waals surface area contributed by atoms with Crippen molar-refractivity contribution in [3.8, 4) is 0 Å². The van der Waals surface area contributed by atoms with Crippen molar-refractivity contribution in [2.45, 2.75) is 12.8 Å². The number of nitrogens with zero attached hydrogens (tertiary/aromatic N) is 2. The minimum atomic E-state index is -0.393. The molecule has 0 N–H and O–H groups in total. The molecule has 0 radical (unpaired) electrons. The lowest BCUT2D eigenvalue weighted by Crippen LogP contribution is -2.23. The molecule has 1 aliphatic rings. The third kappa shape index (κ3) is 2.53. The first-order valence-electron chi connectivity index (χ1n) is 5.89. The smallest absolute Gasteiger partial charge is 0.158 e. The second-order valence-electron chi connectivity index (χ2n) is 4.47. The van der Waals surface area contributed by atoms with Gasteiger partial charge in [-0.1, -0.05) is 11.6 Å². The highest BCUT2D eigenvalue weighted by Crippen LogP contribution is 2.31. The number of rotatable bonds is 2. The van der Waals surface area contributed by atoms with E-state index in [9.17, 15) is 9.18 Å². The summed E-state index contributed by atoms with van der Waals surface area (Å²) in [5.74, 6) is -0.323. The third-order valence-corrected chi connectivity index (χ3v) is 4.63. The van der Waals surface area contributed by atoms with Crippen LogP contribution < -0.4 is 0 Å². The van der Waals surface area contributed by atoms with E-state index in [1.54, 1.807) is 6.21 Å². The van der Waals surface area contributed by atoms with Crippen LogP contribution in [-0.2, 0) is 11.2 Å². The average Bonchev–Trinajstić information content (AvgIpc) is 2.75. The summed E-state index contributed by atoms with van der Waals surface area (Å²) in [4.78, 5) is 20.0. The number of benzene rings is 1.